The van der Waals surface area contributed by atoms with Gasteiger partial charge in [0, 0.05) is 18.7 Å². The number of benzene rings is 1. The van der Waals surface area contributed by atoms with Crippen molar-refractivity contribution in [2.75, 3.05) is 20.8 Å². The van der Waals surface area contributed by atoms with Crippen molar-refractivity contribution in [2.45, 2.75) is 25.8 Å². The van der Waals surface area contributed by atoms with Crippen LogP contribution in [0, 0.1) is 0 Å². The summed E-state index contributed by atoms with van der Waals surface area (Å²) >= 11 is 0. The van der Waals surface area contributed by atoms with Gasteiger partial charge in [0.2, 0.25) is 0 Å². The fraction of sp³-hybridized carbons (Fsp3) is 0.500. The summed E-state index contributed by atoms with van der Waals surface area (Å²) in [6, 6.07) is 5.07. The second-order valence-electron chi connectivity index (χ2n) is 4.32. The van der Waals surface area contributed by atoms with Crippen LogP contribution in [0.5, 0.6) is 11.5 Å². The van der Waals surface area contributed by atoms with E-state index in [0.717, 1.165) is 12.8 Å². The average Bonchev–Trinajstić information content (AvgIpc) is 2.44. The zero-order valence-corrected chi connectivity index (χ0v) is 11.7. The summed E-state index contributed by atoms with van der Waals surface area (Å²) in [5, 5.41) is 2.81. The van der Waals surface area contributed by atoms with Gasteiger partial charge < -0.3 is 20.5 Å². The van der Waals surface area contributed by atoms with Crippen molar-refractivity contribution in [1.82, 2.24) is 5.32 Å². The van der Waals surface area contributed by atoms with Crippen molar-refractivity contribution in [2.24, 2.45) is 5.73 Å². The number of amides is 1. The smallest absolute Gasteiger partial charge is 0.255 e. The molecule has 1 atom stereocenters. The Morgan fingerprint density at radius 1 is 1.37 bits per heavy atom. The largest absolute Gasteiger partial charge is 0.497 e. The maximum Gasteiger partial charge on any atom is 0.255 e. The molecule has 1 aromatic rings. The lowest BCUT2D eigenvalue weighted by Gasteiger charge is -2.13. The minimum atomic E-state index is -0.189. The fourth-order valence-electron chi connectivity index (χ4n) is 1.78. The number of rotatable bonds is 7. The van der Waals surface area contributed by atoms with E-state index in [0.29, 0.717) is 23.6 Å². The molecule has 1 rings (SSSR count). The first-order valence-electron chi connectivity index (χ1n) is 6.38. The van der Waals surface area contributed by atoms with Crippen LogP contribution >= 0.6 is 0 Å². The van der Waals surface area contributed by atoms with Crippen LogP contribution in [0.2, 0.25) is 0 Å². The first kappa shape index (κ1) is 15.3. The van der Waals surface area contributed by atoms with E-state index in [1.165, 1.54) is 7.11 Å². The highest BCUT2D eigenvalue weighted by atomic mass is 16.5. The molecule has 0 fully saturated rings. The van der Waals surface area contributed by atoms with Gasteiger partial charge in [0.25, 0.3) is 5.91 Å². The van der Waals surface area contributed by atoms with Crippen LogP contribution in [0.1, 0.15) is 30.1 Å². The standard InChI is InChI=1S/C14H22N2O3/c1-4-5-10(15)9-16-14(17)12-7-6-11(18-2)8-13(12)19-3/h6-8,10H,4-5,9,15H2,1-3H3,(H,16,17). The van der Waals surface area contributed by atoms with E-state index < -0.39 is 0 Å². The zero-order valence-electron chi connectivity index (χ0n) is 11.7. The lowest BCUT2D eigenvalue weighted by molar-refractivity contribution is 0.0947. The number of ether oxygens (including phenoxy) is 2. The Morgan fingerprint density at radius 2 is 2.11 bits per heavy atom. The van der Waals surface area contributed by atoms with E-state index in [1.807, 2.05) is 0 Å². The molecule has 5 heteroatoms. The molecule has 0 heterocycles. The molecule has 3 N–H and O–H groups in total. The lowest BCUT2D eigenvalue weighted by atomic mass is 10.1. The lowest BCUT2D eigenvalue weighted by Crippen LogP contribution is -2.37. The van der Waals surface area contributed by atoms with E-state index in [2.05, 4.69) is 12.2 Å². The Bertz CT molecular complexity index is 421. The highest BCUT2D eigenvalue weighted by Gasteiger charge is 2.13. The summed E-state index contributed by atoms with van der Waals surface area (Å²) < 4.78 is 10.3. The molecule has 106 valence electrons. The highest BCUT2D eigenvalue weighted by molar-refractivity contribution is 5.97. The molecule has 0 saturated carbocycles. The number of nitrogens with two attached hydrogens (primary N) is 1. The van der Waals surface area contributed by atoms with Crippen LogP contribution in [-0.4, -0.2) is 32.7 Å². The summed E-state index contributed by atoms with van der Waals surface area (Å²) in [6.07, 6.45) is 1.89. The molecule has 0 spiro atoms. The van der Waals surface area contributed by atoms with Crippen molar-refractivity contribution < 1.29 is 14.3 Å². The van der Waals surface area contributed by atoms with Crippen LogP contribution in [0.4, 0.5) is 0 Å². The van der Waals surface area contributed by atoms with Crippen molar-refractivity contribution in [1.29, 1.82) is 0 Å². The van der Waals surface area contributed by atoms with Gasteiger partial charge in [-0.15, -0.1) is 0 Å². The summed E-state index contributed by atoms with van der Waals surface area (Å²) in [4.78, 5) is 12.0. The predicted octanol–water partition coefficient (Wildman–Crippen LogP) is 1.56. The molecule has 5 nitrogen and oxygen atoms in total. The predicted molar refractivity (Wildman–Crippen MR) is 74.8 cm³/mol. The Morgan fingerprint density at radius 3 is 2.68 bits per heavy atom. The van der Waals surface area contributed by atoms with Crippen molar-refractivity contribution in [3.63, 3.8) is 0 Å². The molecular formula is C14H22N2O3. The Hall–Kier alpha value is -1.75. The molecule has 0 saturated heterocycles. The monoisotopic (exact) mass is 266 g/mol. The Labute approximate surface area is 114 Å². The van der Waals surface area contributed by atoms with E-state index in [-0.39, 0.29) is 11.9 Å². The van der Waals surface area contributed by atoms with E-state index >= 15 is 0 Å². The highest BCUT2D eigenvalue weighted by Crippen LogP contribution is 2.24. The van der Waals surface area contributed by atoms with Gasteiger partial charge in [-0.2, -0.15) is 0 Å². The number of carbonyl (C=O) groups is 1. The van der Waals surface area contributed by atoms with Crippen LogP contribution in [0.15, 0.2) is 18.2 Å². The topological polar surface area (TPSA) is 73.6 Å². The van der Waals surface area contributed by atoms with Crippen molar-refractivity contribution in [3.8, 4) is 11.5 Å². The first-order chi connectivity index (χ1) is 9.12. The molecular weight excluding hydrogens is 244 g/mol. The summed E-state index contributed by atoms with van der Waals surface area (Å²) in [5.74, 6) is 0.947. The summed E-state index contributed by atoms with van der Waals surface area (Å²) in [7, 11) is 3.09. The van der Waals surface area contributed by atoms with Gasteiger partial charge in [-0.1, -0.05) is 13.3 Å². The third-order valence-electron chi connectivity index (χ3n) is 2.84. The molecule has 19 heavy (non-hydrogen) atoms. The first-order valence-corrected chi connectivity index (χ1v) is 6.38. The second kappa shape index (κ2) is 7.63. The summed E-state index contributed by atoms with van der Waals surface area (Å²) in [5.41, 5.74) is 6.34. The average molecular weight is 266 g/mol. The molecule has 0 aromatic heterocycles. The summed E-state index contributed by atoms with van der Waals surface area (Å²) in [6.45, 7) is 2.52. The molecule has 0 aliphatic carbocycles. The Kier molecular flexibility index (Phi) is 6.15. The maximum absolute atomic E-state index is 12.0. The molecule has 1 unspecified atom stereocenters. The molecule has 1 aromatic carbocycles. The van der Waals surface area contributed by atoms with Gasteiger partial charge in [0.15, 0.2) is 0 Å². The van der Waals surface area contributed by atoms with Gasteiger partial charge in [-0.25, -0.2) is 0 Å². The third kappa shape index (κ3) is 4.44. The number of hydrogen-bond donors (Lipinski definition) is 2. The van der Waals surface area contributed by atoms with E-state index in [4.69, 9.17) is 15.2 Å². The normalized spacial score (nSPS) is 11.8. The minimum absolute atomic E-state index is 0.0156. The SMILES string of the molecule is CCCC(N)CNC(=O)c1ccc(OC)cc1OC. The zero-order chi connectivity index (χ0) is 14.3. The van der Waals surface area contributed by atoms with Crippen LogP contribution in [-0.2, 0) is 0 Å². The number of hydrogen-bond acceptors (Lipinski definition) is 4. The van der Waals surface area contributed by atoms with Gasteiger partial charge in [0.1, 0.15) is 11.5 Å². The third-order valence-corrected chi connectivity index (χ3v) is 2.84. The minimum Gasteiger partial charge on any atom is -0.497 e. The number of methoxy groups -OCH3 is 2. The van der Waals surface area contributed by atoms with Crippen molar-refractivity contribution in [3.05, 3.63) is 23.8 Å². The molecule has 0 aliphatic heterocycles. The molecule has 1 amide bonds. The molecule has 0 radical (unpaired) electrons. The number of carbonyl (C=O) groups excluding carboxylic acids is 1. The van der Waals surface area contributed by atoms with Crippen LogP contribution in [0.3, 0.4) is 0 Å². The van der Waals surface area contributed by atoms with E-state index in [9.17, 15) is 4.79 Å². The number of nitrogens with one attached hydrogen (secondary N) is 1. The van der Waals surface area contributed by atoms with Gasteiger partial charge >= 0.3 is 0 Å². The fourth-order valence-corrected chi connectivity index (χ4v) is 1.78. The second-order valence-corrected chi connectivity index (χ2v) is 4.32. The van der Waals surface area contributed by atoms with Gasteiger partial charge in [-0.05, 0) is 18.6 Å². The maximum atomic E-state index is 12.0. The van der Waals surface area contributed by atoms with Crippen molar-refractivity contribution >= 4 is 5.91 Å². The molecule has 0 aliphatic rings. The van der Waals surface area contributed by atoms with Crippen LogP contribution in [0.25, 0.3) is 0 Å². The van der Waals surface area contributed by atoms with Gasteiger partial charge in [0.05, 0.1) is 19.8 Å². The van der Waals surface area contributed by atoms with E-state index in [1.54, 1.807) is 25.3 Å². The quantitative estimate of drug-likeness (QED) is 0.785. The Balaban J connectivity index is 2.71. The van der Waals surface area contributed by atoms with Gasteiger partial charge in [-0.3, -0.25) is 4.79 Å². The molecule has 0 bridgehead atoms. The van der Waals surface area contributed by atoms with Crippen LogP contribution < -0.4 is 20.5 Å².